The van der Waals surface area contributed by atoms with Crippen molar-refractivity contribution in [1.82, 2.24) is 4.90 Å². The van der Waals surface area contributed by atoms with Gasteiger partial charge < -0.3 is 4.90 Å². The Morgan fingerprint density at radius 2 is 2.08 bits per heavy atom. The molecule has 1 saturated carbocycles. The van der Waals surface area contributed by atoms with Crippen LogP contribution < -0.4 is 0 Å². The summed E-state index contributed by atoms with van der Waals surface area (Å²) >= 11 is 5.70. The van der Waals surface area contributed by atoms with Gasteiger partial charge >= 0.3 is 0 Å². The minimum atomic E-state index is 0.792. The average molecular weight is 204 g/mol. The first-order chi connectivity index (χ1) is 6.24. The molecular formula is C11H22ClN. The van der Waals surface area contributed by atoms with Crippen molar-refractivity contribution in [3.8, 4) is 0 Å². The van der Waals surface area contributed by atoms with E-state index < -0.39 is 0 Å². The van der Waals surface area contributed by atoms with E-state index in [1.807, 2.05) is 0 Å². The molecule has 1 aliphatic rings. The number of nitrogens with zero attached hydrogens (tertiary/aromatic N) is 1. The van der Waals surface area contributed by atoms with Crippen molar-refractivity contribution in [3.63, 3.8) is 0 Å². The highest BCUT2D eigenvalue weighted by atomic mass is 35.5. The molecule has 2 heteroatoms. The third-order valence-electron chi connectivity index (χ3n) is 3.27. The lowest BCUT2D eigenvalue weighted by Gasteiger charge is -2.35. The maximum absolute atomic E-state index is 5.70. The molecule has 78 valence electrons. The van der Waals surface area contributed by atoms with E-state index in [-0.39, 0.29) is 0 Å². The van der Waals surface area contributed by atoms with Gasteiger partial charge in [-0.3, -0.25) is 0 Å². The van der Waals surface area contributed by atoms with Crippen LogP contribution in [0, 0.1) is 5.92 Å². The molecule has 0 amide bonds. The van der Waals surface area contributed by atoms with Crippen LogP contribution in [0.15, 0.2) is 0 Å². The molecule has 0 aromatic rings. The highest BCUT2D eigenvalue weighted by molar-refractivity contribution is 6.17. The van der Waals surface area contributed by atoms with Crippen LogP contribution in [0.25, 0.3) is 0 Å². The first-order valence-electron chi connectivity index (χ1n) is 5.50. The van der Waals surface area contributed by atoms with Crippen molar-refractivity contribution in [3.05, 3.63) is 0 Å². The molecule has 0 spiro atoms. The van der Waals surface area contributed by atoms with Crippen molar-refractivity contribution in [2.24, 2.45) is 5.92 Å². The monoisotopic (exact) mass is 203 g/mol. The Bertz CT molecular complexity index is 134. The van der Waals surface area contributed by atoms with E-state index in [4.69, 9.17) is 11.6 Å². The Balaban J connectivity index is 2.03. The van der Waals surface area contributed by atoms with Gasteiger partial charge in [-0.25, -0.2) is 0 Å². The summed E-state index contributed by atoms with van der Waals surface area (Å²) in [5.41, 5.74) is 0. The quantitative estimate of drug-likeness (QED) is 0.600. The molecule has 1 unspecified atom stereocenters. The maximum atomic E-state index is 5.70. The second-order valence-electron chi connectivity index (χ2n) is 4.44. The predicted molar refractivity (Wildman–Crippen MR) is 59.4 cm³/mol. The molecule has 0 radical (unpaired) electrons. The van der Waals surface area contributed by atoms with Gasteiger partial charge in [-0.15, -0.1) is 11.6 Å². The van der Waals surface area contributed by atoms with Gasteiger partial charge in [0, 0.05) is 11.9 Å². The topological polar surface area (TPSA) is 3.24 Å². The van der Waals surface area contributed by atoms with E-state index in [0.717, 1.165) is 17.8 Å². The summed E-state index contributed by atoms with van der Waals surface area (Å²) in [5.74, 6) is 1.61. The number of hydrogen-bond acceptors (Lipinski definition) is 1. The van der Waals surface area contributed by atoms with E-state index in [1.165, 1.54) is 38.6 Å². The molecule has 0 N–H and O–H groups in total. The first kappa shape index (κ1) is 11.3. The van der Waals surface area contributed by atoms with E-state index in [1.54, 1.807) is 0 Å². The normalized spacial score (nSPS) is 20.3. The summed E-state index contributed by atoms with van der Waals surface area (Å²) in [4.78, 5) is 2.52. The van der Waals surface area contributed by atoms with Crippen LogP contribution in [0.1, 0.15) is 39.0 Å². The molecule has 1 aliphatic carbocycles. The molecule has 0 bridgehead atoms. The molecule has 13 heavy (non-hydrogen) atoms. The minimum Gasteiger partial charge on any atom is -0.303 e. The van der Waals surface area contributed by atoms with Crippen LogP contribution >= 0.6 is 11.6 Å². The van der Waals surface area contributed by atoms with Gasteiger partial charge in [-0.1, -0.05) is 13.3 Å². The molecule has 0 saturated heterocycles. The maximum Gasteiger partial charge on any atom is 0.0225 e. The third kappa shape index (κ3) is 3.86. The van der Waals surface area contributed by atoms with Crippen molar-refractivity contribution in [2.75, 3.05) is 19.5 Å². The highest BCUT2D eigenvalue weighted by Crippen LogP contribution is 2.24. The van der Waals surface area contributed by atoms with Gasteiger partial charge in [-0.2, -0.15) is 0 Å². The molecule has 1 nitrogen and oxygen atoms in total. The van der Waals surface area contributed by atoms with Crippen molar-refractivity contribution >= 4 is 11.6 Å². The summed E-state index contributed by atoms with van der Waals surface area (Å²) in [6, 6.07) is 0.892. The van der Waals surface area contributed by atoms with Gasteiger partial charge in [0.2, 0.25) is 0 Å². The smallest absolute Gasteiger partial charge is 0.0225 e. The van der Waals surface area contributed by atoms with Crippen LogP contribution in [-0.2, 0) is 0 Å². The largest absolute Gasteiger partial charge is 0.303 e. The van der Waals surface area contributed by atoms with Gasteiger partial charge in [0.15, 0.2) is 0 Å². The average Bonchev–Trinajstić information content (AvgIpc) is 1.98. The third-order valence-corrected chi connectivity index (χ3v) is 3.49. The standard InChI is InChI=1S/C11H22ClN/c1-10(6-8-12)7-9-13(2)11-4-3-5-11/h10-11H,3-9H2,1-2H3. The van der Waals surface area contributed by atoms with Crippen LogP contribution in [-0.4, -0.2) is 30.4 Å². The summed E-state index contributed by atoms with van der Waals surface area (Å²) < 4.78 is 0. The number of hydrogen-bond donors (Lipinski definition) is 0. The lowest BCUT2D eigenvalue weighted by molar-refractivity contribution is 0.151. The van der Waals surface area contributed by atoms with E-state index in [9.17, 15) is 0 Å². The summed E-state index contributed by atoms with van der Waals surface area (Å²) in [5, 5.41) is 0. The minimum absolute atomic E-state index is 0.792. The Morgan fingerprint density at radius 3 is 2.54 bits per heavy atom. The fraction of sp³-hybridized carbons (Fsp3) is 1.00. The highest BCUT2D eigenvalue weighted by Gasteiger charge is 2.21. The Labute approximate surface area is 87.4 Å². The molecule has 1 fully saturated rings. The van der Waals surface area contributed by atoms with Gasteiger partial charge in [0.25, 0.3) is 0 Å². The number of alkyl halides is 1. The van der Waals surface area contributed by atoms with Crippen molar-refractivity contribution in [2.45, 2.75) is 45.1 Å². The van der Waals surface area contributed by atoms with Crippen LogP contribution in [0.2, 0.25) is 0 Å². The zero-order valence-corrected chi connectivity index (χ0v) is 9.69. The van der Waals surface area contributed by atoms with Crippen LogP contribution in [0.5, 0.6) is 0 Å². The van der Waals surface area contributed by atoms with Gasteiger partial charge in [0.05, 0.1) is 0 Å². The lowest BCUT2D eigenvalue weighted by atomic mass is 9.91. The zero-order valence-electron chi connectivity index (χ0n) is 8.93. The van der Waals surface area contributed by atoms with Gasteiger partial charge in [0.1, 0.15) is 0 Å². The lowest BCUT2D eigenvalue weighted by Crippen LogP contribution is -2.38. The van der Waals surface area contributed by atoms with Crippen molar-refractivity contribution in [1.29, 1.82) is 0 Å². The first-order valence-corrected chi connectivity index (χ1v) is 6.03. The molecular weight excluding hydrogens is 182 g/mol. The van der Waals surface area contributed by atoms with E-state index in [2.05, 4.69) is 18.9 Å². The predicted octanol–water partition coefficient (Wildman–Crippen LogP) is 3.13. The Kier molecular flexibility index (Phi) is 5.12. The molecule has 1 atom stereocenters. The second kappa shape index (κ2) is 5.87. The molecule has 0 heterocycles. The molecule has 0 aromatic carbocycles. The van der Waals surface area contributed by atoms with E-state index >= 15 is 0 Å². The number of halogens is 1. The fourth-order valence-electron chi connectivity index (χ4n) is 1.76. The fourth-order valence-corrected chi connectivity index (χ4v) is 2.14. The molecule has 0 aromatic heterocycles. The molecule has 0 aliphatic heterocycles. The summed E-state index contributed by atoms with van der Waals surface area (Å²) in [7, 11) is 2.26. The second-order valence-corrected chi connectivity index (χ2v) is 4.81. The van der Waals surface area contributed by atoms with Crippen molar-refractivity contribution < 1.29 is 0 Å². The van der Waals surface area contributed by atoms with Crippen LogP contribution in [0.3, 0.4) is 0 Å². The van der Waals surface area contributed by atoms with Gasteiger partial charge in [-0.05, 0) is 45.2 Å². The van der Waals surface area contributed by atoms with E-state index in [0.29, 0.717) is 0 Å². The SMILES string of the molecule is CC(CCCl)CCN(C)C1CCC1. The number of rotatable bonds is 6. The van der Waals surface area contributed by atoms with Crippen LogP contribution in [0.4, 0.5) is 0 Å². The Morgan fingerprint density at radius 1 is 1.38 bits per heavy atom. The zero-order chi connectivity index (χ0) is 9.68. The Hall–Kier alpha value is 0.250. The summed E-state index contributed by atoms with van der Waals surface area (Å²) in [6.07, 6.45) is 6.74. The molecule has 1 rings (SSSR count). The summed E-state index contributed by atoms with van der Waals surface area (Å²) in [6.45, 7) is 3.56.